The van der Waals surface area contributed by atoms with Gasteiger partial charge in [0.05, 0.1) is 12.2 Å². The van der Waals surface area contributed by atoms with Crippen molar-refractivity contribution in [1.29, 1.82) is 0 Å². The fraction of sp³-hybridized carbons (Fsp3) is 0.708. The SMILES string of the molecule is CC1CN(Cc2ccc(CNC(=O)C3CC4CCCC(C3)C4N)cc2)CC(C)O1.Cl.Cl. The van der Waals surface area contributed by atoms with Crippen molar-refractivity contribution in [2.75, 3.05) is 13.1 Å². The molecule has 1 aliphatic heterocycles. The second kappa shape index (κ2) is 11.9. The summed E-state index contributed by atoms with van der Waals surface area (Å²) in [5.74, 6) is 1.45. The van der Waals surface area contributed by atoms with Gasteiger partial charge in [-0.15, -0.1) is 24.8 Å². The Balaban J connectivity index is 0.00000171. The van der Waals surface area contributed by atoms with E-state index in [0.717, 1.165) is 32.5 Å². The van der Waals surface area contributed by atoms with E-state index in [9.17, 15) is 4.79 Å². The van der Waals surface area contributed by atoms with Crippen molar-refractivity contribution in [3.8, 4) is 0 Å². The van der Waals surface area contributed by atoms with Gasteiger partial charge in [-0.05, 0) is 62.5 Å². The van der Waals surface area contributed by atoms with Crippen LogP contribution < -0.4 is 11.1 Å². The minimum Gasteiger partial charge on any atom is -0.373 e. The van der Waals surface area contributed by atoms with E-state index in [2.05, 4.69) is 48.3 Å². The zero-order valence-corrected chi connectivity index (χ0v) is 20.4. The predicted molar refractivity (Wildman–Crippen MR) is 130 cm³/mol. The second-order valence-electron chi connectivity index (χ2n) is 9.68. The summed E-state index contributed by atoms with van der Waals surface area (Å²) in [5.41, 5.74) is 8.85. The highest BCUT2D eigenvalue weighted by Crippen LogP contribution is 2.41. The molecule has 4 atom stereocenters. The van der Waals surface area contributed by atoms with Gasteiger partial charge in [0.25, 0.3) is 0 Å². The molecule has 0 spiro atoms. The molecule has 0 aromatic heterocycles. The Morgan fingerprint density at radius 2 is 1.58 bits per heavy atom. The lowest BCUT2D eigenvalue weighted by Gasteiger charge is -2.43. The van der Waals surface area contributed by atoms with Crippen LogP contribution in [0.25, 0.3) is 0 Å². The largest absolute Gasteiger partial charge is 0.373 e. The van der Waals surface area contributed by atoms with Gasteiger partial charge in [-0.3, -0.25) is 9.69 Å². The van der Waals surface area contributed by atoms with E-state index in [1.54, 1.807) is 0 Å². The van der Waals surface area contributed by atoms with E-state index in [1.165, 1.54) is 30.4 Å². The topological polar surface area (TPSA) is 67.6 Å². The molecule has 176 valence electrons. The first-order valence-corrected chi connectivity index (χ1v) is 11.5. The molecule has 2 bridgehead atoms. The summed E-state index contributed by atoms with van der Waals surface area (Å²) in [6.07, 6.45) is 6.21. The van der Waals surface area contributed by atoms with Crippen LogP contribution in [0, 0.1) is 17.8 Å². The number of carbonyl (C=O) groups is 1. The molecular weight excluding hydrogens is 433 g/mol. The minimum atomic E-state index is 0. The molecular formula is C24H39Cl2N3O2. The zero-order valence-electron chi connectivity index (χ0n) is 18.8. The van der Waals surface area contributed by atoms with E-state index in [0.29, 0.717) is 36.6 Å². The maximum absolute atomic E-state index is 12.7. The quantitative estimate of drug-likeness (QED) is 0.682. The van der Waals surface area contributed by atoms with Crippen LogP contribution in [0.1, 0.15) is 57.1 Å². The summed E-state index contributed by atoms with van der Waals surface area (Å²) < 4.78 is 5.82. The zero-order chi connectivity index (χ0) is 20.4. The van der Waals surface area contributed by atoms with Gasteiger partial charge in [-0.2, -0.15) is 0 Å². The molecule has 1 aromatic carbocycles. The third-order valence-electron chi connectivity index (χ3n) is 7.17. The van der Waals surface area contributed by atoms with E-state index >= 15 is 0 Å². The number of rotatable bonds is 5. The smallest absolute Gasteiger partial charge is 0.223 e. The van der Waals surface area contributed by atoms with Crippen LogP contribution in [0.3, 0.4) is 0 Å². The van der Waals surface area contributed by atoms with E-state index < -0.39 is 0 Å². The Hall–Kier alpha value is -0.850. The molecule has 3 aliphatic rings. The van der Waals surface area contributed by atoms with Crippen LogP contribution in [0.5, 0.6) is 0 Å². The molecule has 2 saturated carbocycles. The first-order valence-electron chi connectivity index (χ1n) is 11.5. The van der Waals surface area contributed by atoms with Crippen molar-refractivity contribution in [2.45, 2.75) is 77.3 Å². The van der Waals surface area contributed by atoms with Gasteiger partial charge in [0, 0.05) is 38.1 Å². The molecule has 7 heteroatoms. The lowest BCUT2D eigenvalue weighted by molar-refractivity contribution is -0.128. The maximum Gasteiger partial charge on any atom is 0.223 e. The number of hydrogen-bond acceptors (Lipinski definition) is 4. The predicted octanol–water partition coefficient (Wildman–Crippen LogP) is 3.91. The van der Waals surface area contributed by atoms with Crippen molar-refractivity contribution in [3.63, 3.8) is 0 Å². The average molecular weight is 473 g/mol. The normalized spacial score (nSPS) is 33.0. The molecule has 1 heterocycles. The van der Waals surface area contributed by atoms with Crippen LogP contribution in [-0.2, 0) is 22.6 Å². The summed E-state index contributed by atoms with van der Waals surface area (Å²) >= 11 is 0. The fourth-order valence-corrected chi connectivity index (χ4v) is 5.77. The first kappa shape index (κ1) is 26.4. The Morgan fingerprint density at radius 3 is 2.16 bits per heavy atom. The van der Waals surface area contributed by atoms with Crippen LogP contribution in [0.15, 0.2) is 24.3 Å². The van der Waals surface area contributed by atoms with E-state index in [4.69, 9.17) is 10.5 Å². The van der Waals surface area contributed by atoms with Gasteiger partial charge >= 0.3 is 0 Å². The molecule has 2 aliphatic carbocycles. The number of benzene rings is 1. The highest BCUT2D eigenvalue weighted by atomic mass is 35.5. The molecule has 31 heavy (non-hydrogen) atoms. The number of nitrogens with zero attached hydrogens (tertiary/aromatic N) is 1. The second-order valence-corrected chi connectivity index (χ2v) is 9.68. The average Bonchev–Trinajstić information content (AvgIpc) is 2.66. The Labute approximate surface area is 199 Å². The number of morpholine rings is 1. The highest BCUT2D eigenvalue weighted by Gasteiger charge is 2.40. The van der Waals surface area contributed by atoms with Gasteiger partial charge in [0.1, 0.15) is 0 Å². The fourth-order valence-electron chi connectivity index (χ4n) is 5.77. The summed E-state index contributed by atoms with van der Waals surface area (Å²) in [5, 5.41) is 3.18. The van der Waals surface area contributed by atoms with Crippen molar-refractivity contribution >= 4 is 30.7 Å². The number of hydrogen-bond donors (Lipinski definition) is 2. The third kappa shape index (κ3) is 6.82. The number of ether oxygens (including phenoxy) is 1. The summed E-state index contributed by atoms with van der Waals surface area (Å²) in [7, 11) is 0. The first-order chi connectivity index (χ1) is 14.0. The molecule has 3 fully saturated rings. The monoisotopic (exact) mass is 471 g/mol. The molecule has 1 aromatic rings. The van der Waals surface area contributed by atoms with Gasteiger partial charge in [-0.25, -0.2) is 0 Å². The standard InChI is InChI=1S/C24H37N3O2.2ClH/c1-16-13-27(14-17(2)29-16)15-19-8-6-18(7-9-19)12-26-24(28)22-10-20-4-3-5-21(11-22)23(20)25;;/h6-9,16-17,20-23H,3-5,10-15,25H2,1-2H3,(H,26,28);2*1H. The van der Waals surface area contributed by atoms with Crippen LogP contribution >= 0.6 is 24.8 Å². The van der Waals surface area contributed by atoms with E-state index in [-0.39, 0.29) is 36.6 Å². The van der Waals surface area contributed by atoms with Gasteiger partial charge in [0.15, 0.2) is 0 Å². The van der Waals surface area contributed by atoms with Crippen molar-refractivity contribution < 1.29 is 9.53 Å². The number of nitrogens with two attached hydrogens (primary N) is 1. The van der Waals surface area contributed by atoms with Crippen molar-refractivity contribution in [2.24, 2.45) is 23.5 Å². The Kier molecular flexibility index (Phi) is 10.1. The number of carbonyl (C=O) groups excluding carboxylic acids is 1. The molecule has 1 saturated heterocycles. The minimum absolute atomic E-state index is 0. The number of fused-ring (bicyclic) bond motifs is 2. The Bertz CT molecular complexity index is 679. The van der Waals surface area contributed by atoms with Gasteiger partial charge < -0.3 is 15.8 Å². The summed E-state index contributed by atoms with van der Waals surface area (Å²) in [4.78, 5) is 15.2. The molecule has 1 amide bonds. The van der Waals surface area contributed by atoms with Crippen molar-refractivity contribution in [3.05, 3.63) is 35.4 Å². The van der Waals surface area contributed by atoms with Crippen LogP contribution in [-0.4, -0.2) is 42.1 Å². The van der Waals surface area contributed by atoms with Gasteiger partial charge in [0.2, 0.25) is 5.91 Å². The molecule has 5 nitrogen and oxygen atoms in total. The van der Waals surface area contributed by atoms with Crippen LogP contribution in [0.4, 0.5) is 0 Å². The maximum atomic E-state index is 12.7. The number of amides is 1. The number of nitrogens with one attached hydrogen (secondary N) is 1. The molecule has 4 rings (SSSR count). The molecule has 3 N–H and O–H groups in total. The number of halogens is 2. The van der Waals surface area contributed by atoms with Crippen molar-refractivity contribution in [1.82, 2.24) is 10.2 Å². The third-order valence-corrected chi connectivity index (χ3v) is 7.17. The van der Waals surface area contributed by atoms with E-state index in [1.807, 2.05) is 0 Å². The van der Waals surface area contributed by atoms with Crippen LogP contribution in [0.2, 0.25) is 0 Å². The molecule has 4 unspecified atom stereocenters. The molecule has 0 radical (unpaired) electrons. The van der Waals surface area contributed by atoms with Gasteiger partial charge in [-0.1, -0.05) is 30.7 Å². The summed E-state index contributed by atoms with van der Waals surface area (Å²) in [6, 6.07) is 8.99. The summed E-state index contributed by atoms with van der Waals surface area (Å²) in [6.45, 7) is 7.81. The highest BCUT2D eigenvalue weighted by molar-refractivity contribution is 5.85. The lowest BCUT2D eigenvalue weighted by Crippen LogP contribution is -2.49. The Morgan fingerprint density at radius 1 is 1.03 bits per heavy atom. The lowest BCUT2D eigenvalue weighted by atomic mass is 9.65.